The highest BCUT2D eigenvalue weighted by molar-refractivity contribution is 5.70. The Balaban J connectivity index is 2.40. The number of nitrogens with one attached hydrogen (secondary N) is 1. The Morgan fingerprint density at radius 1 is 1.56 bits per heavy atom. The van der Waals surface area contributed by atoms with Crippen LogP contribution in [0.5, 0.6) is 5.75 Å². The zero-order valence-corrected chi connectivity index (χ0v) is 10.5. The number of rotatable bonds is 3. The van der Waals surface area contributed by atoms with E-state index in [-0.39, 0.29) is 10.6 Å². The lowest BCUT2D eigenvalue weighted by molar-refractivity contribution is -0.385. The van der Waals surface area contributed by atoms with Crippen LogP contribution in [0.3, 0.4) is 0 Å². The van der Waals surface area contributed by atoms with E-state index in [1.54, 1.807) is 18.2 Å². The lowest BCUT2D eigenvalue weighted by Gasteiger charge is -2.33. The van der Waals surface area contributed by atoms with Crippen molar-refractivity contribution in [2.24, 2.45) is 0 Å². The van der Waals surface area contributed by atoms with E-state index in [0.717, 1.165) is 19.6 Å². The normalized spacial score (nSPS) is 19.7. The Bertz CT molecular complexity index is 450. The maximum Gasteiger partial charge on any atom is 0.333 e. The molecule has 1 aliphatic heterocycles. The van der Waals surface area contributed by atoms with Crippen LogP contribution in [0.1, 0.15) is 6.92 Å². The Morgan fingerprint density at radius 2 is 2.33 bits per heavy atom. The molecule has 0 radical (unpaired) electrons. The summed E-state index contributed by atoms with van der Waals surface area (Å²) in [6.45, 7) is 4.42. The molecule has 6 nitrogen and oxygen atoms in total. The van der Waals surface area contributed by atoms with Crippen molar-refractivity contribution in [2.45, 2.75) is 13.0 Å². The third kappa shape index (κ3) is 2.38. The van der Waals surface area contributed by atoms with Gasteiger partial charge in [0.15, 0.2) is 5.75 Å². The van der Waals surface area contributed by atoms with Crippen molar-refractivity contribution in [3.63, 3.8) is 0 Å². The number of nitrogens with zero attached hydrogens (tertiary/aromatic N) is 2. The number of nitro groups is 1. The molecular formula is C12H17N3O3. The van der Waals surface area contributed by atoms with Gasteiger partial charge in [-0.15, -0.1) is 0 Å². The smallest absolute Gasteiger partial charge is 0.333 e. The summed E-state index contributed by atoms with van der Waals surface area (Å²) in [5, 5.41) is 14.5. The highest BCUT2D eigenvalue weighted by atomic mass is 16.6. The number of benzene rings is 1. The third-order valence-corrected chi connectivity index (χ3v) is 3.09. The van der Waals surface area contributed by atoms with Gasteiger partial charge in [0.2, 0.25) is 0 Å². The van der Waals surface area contributed by atoms with Gasteiger partial charge in [-0.1, -0.05) is 6.07 Å². The highest BCUT2D eigenvalue weighted by Gasteiger charge is 2.26. The molecule has 1 aromatic rings. The first-order valence-electron chi connectivity index (χ1n) is 5.93. The maximum atomic E-state index is 11.2. The zero-order valence-electron chi connectivity index (χ0n) is 10.5. The molecule has 0 saturated carbocycles. The minimum absolute atomic E-state index is 0.0501. The predicted octanol–water partition coefficient (Wildman–Crippen LogP) is 1.40. The van der Waals surface area contributed by atoms with Crippen molar-refractivity contribution in [1.29, 1.82) is 0 Å². The Kier molecular flexibility index (Phi) is 3.66. The van der Waals surface area contributed by atoms with Crippen LogP contribution in [0.15, 0.2) is 18.2 Å². The SMILES string of the molecule is COc1cccc(N2CCNC(C)C2)c1[N+](=O)[O-]. The molecule has 0 spiro atoms. The third-order valence-electron chi connectivity index (χ3n) is 3.09. The van der Waals surface area contributed by atoms with Gasteiger partial charge in [-0.3, -0.25) is 10.1 Å². The first-order valence-corrected chi connectivity index (χ1v) is 5.93. The van der Waals surface area contributed by atoms with Crippen LogP contribution in [0.2, 0.25) is 0 Å². The number of anilines is 1. The van der Waals surface area contributed by atoms with E-state index in [4.69, 9.17) is 4.74 Å². The summed E-state index contributed by atoms with van der Waals surface area (Å²) in [7, 11) is 1.45. The monoisotopic (exact) mass is 251 g/mol. The molecule has 18 heavy (non-hydrogen) atoms. The van der Waals surface area contributed by atoms with Gasteiger partial charge < -0.3 is 15.0 Å². The van der Waals surface area contributed by atoms with Gasteiger partial charge in [-0.25, -0.2) is 0 Å². The number of ether oxygens (including phenoxy) is 1. The van der Waals surface area contributed by atoms with E-state index < -0.39 is 0 Å². The van der Waals surface area contributed by atoms with Gasteiger partial charge >= 0.3 is 5.69 Å². The van der Waals surface area contributed by atoms with Gasteiger partial charge in [0, 0.05) is 25.7 Å². The Morgan fingerprint density at radius 3 is 2.94 bits per heavy atom. The highest BCUT2D eigenvalue weighted by Crippen LogP contribution is 2.37. The van der Waals surface area contributed by atoms with Crippen LogP contribution in [-0.4, -0.2) is 37.7 Å². The van der Waals surface area contributed by atoms with Gasteiger partial charge in [0.05, 0.1) is 12.0 Å². The summed E-state index contributed by atoms with van der Waals surface area (Å²) >= 11 is 0. The number of hydrogen-bond donors (Lipinski definition) is 1. The van der Waals surface area contributed by atoms with Crippen LogP contribution in [0.4, 0.5) is 11.4 Å². The minimum atomic E-state index is -0.374. The number of piperazine rings is 1. The first-order chi connectivity index (χ1) is 8.63. The Hall–Kier alpha value is -1.82. The average molecular weight is 251 g/mol. The number of nitro benzene ring substituents is 1. The largest absolute Gasteiger partial charge is 0.490 e. The molecule has 6 heteroatoms. The fourth-order valence-corrected chi connectivity index (χ4v) is 2.27. The summed E-state index contributed by atoms with van der Waals surface area (Å²) < 4.78 is 5.08. The van der Waals surface area contributed by atoms with E-state index in [2.05, 4.69) is 12.2 Å². The van der Waals surface area contributed by atoms with Gasteiger partial charge in [0.25, 0.3) is 0 Å². The molecule has 0 amide bonds. The summed E-state index contributed by atoms with van der Waals surface area (Å²) in [5.41, 5.74) is 0.682. The molecule has 1 N–H and O–H groups in total. The molecule has 1 atom stereocenters. The quantitative estimate of drug-likeness (QED) is 0.649. The topological polar surface area (TPSA) is 67.6 Å². The molecule has 1 unspecified atom stereocenters. The van der Waals surface area contributed by atoms with Crippen molar-refractivity contribution < 1.29 is 9.66 Å². The van der Waals surface area contributed by atoms with Crippen LogP contribution in [0.25, 0.3) is 0 Å². The summed E-state index contributed by atoms with van der Waals surface area (Å²) in [5.74, 6) is 0.309. The second-order valence-electron chi connectivity index (χ2n) is 4.39. The van der Waals surface area contributed by atoms with Gasteiger partial charge in [0.1, 0.15) is 5.69 Å². The first kappa shape index (κ1) is 12.6. The van der Waals surface area contributed by atoms with Gasteiger partial charge in [-0.2, -0.15) is 0 Å². The minimum Gasteiger partial charge on any atom is -0.490 e. The Labute approximate surface area is 106 Å². The van der Waals surface area contributed by atoms with Gasteiger partial charge in [-0.05, 0) is 19.1 Å². The molecule has 1 fully saturated rings. The molecule has 1 aromatic carbocycles. The second kappa shape index (κ2) is 5.22. The molecule has 2 rings (SSSR count). The lowest BCUT2D eigenvalue weighted by Crippen LogP contribution is -2.49. The van der Waals surface area contributed by atoms with Crippen molar-refractivity contribution in [1.82, 2.24) is 5.32 Å². The molecule has 1 saturated heterocycles. The molecule has 1 heterocycles. The van der Waals surface area contributed by atoms with Crippen molar-refractivity contribution in [2.75, 3.05) is 31.6 Å². The molecule has 0 aliphatic carbocycles. The van der Waals surface area contributed by atoms with E-state index >= 15 is 0 Å². The van der Waals surface area contributed by atoms with E-state index in [0.29, 0.717) is 17.5 Å². The maximum absolute atomic E-state index is 11.2. The fraction of sp³-hybridized carbons (Fsp3) is 0.500. The van der Waals surface area contributed by atoms with Crippen LogP contribution < -0.4 is 15.0 Å². The lowest BCUT2D eigenvalue weighted by atomic mass is 10.1. The van der Waals surface area contributed by atoms with Crippen LogP contribution in [-0.2, 0) is 0 Å². The van der Waals surface area contributed by atoms with Crippen molar-refractivity contribution in [3.05, 3.63) is 28.3 Å². The standard InChI is InChI=1S/C12H17N3O3/c1-9-8-14(7-6-13-9)10-4-3-5-11(18-2)12(10)15(16)17/h3-5,9,13H,6-8H2,1-2H3. The molecule has 98 valence electrons. The van der Waals surface area contributed by atoms with Crippen molar-refractivity contribution in [3.8, 4) is 5.75 Å². The van der Waals surface area contributed by atoms with Crippen LogP contribution >= 0.6 is 0 Å². The number of hydrogen-bond acceptors (Lipinski definition) is 5. The average Bonchev–Trinajstić information content (AvgIpc) is 2.37. The second-order valence-corrected chi connectivity index (χ2v) is 4.39. The van der Waals surface area contributed by atoms with Crippen molar-refractivity contribution >= 4 is 11.4 Å². The summed E-state index contributed by atoms with van der Waals surface area (Å²) in [4.78, 5) is 12.9. The molecule has 1 aliphatic rings. The molecular weight excluding hydrogens is 234 g/mol. The van der Waals surface area contributed by atoms with E-state index in [1.807, 2.05) is 4.90 Å². The molecule has 0 aromatic heterocycles. The molecule has 0 bridgehead atoms. The fourth-order valence-electron chi connectivity index (χ4n) is 2.27. The van der Waals surface area contributed by atoms with Crippen LogP contribution in [0, 0.1) is 10.1 Å². The van der Waals surface area contributed by atoms with E-state index in [9.17, 15) is 10.1 Å². The summed E-state index contributed by atoms with van der Waals surface area (Å²) in [6.07, 6.45) is 0. The number of methoxy groups -OCH3 is 1. The summed E-state index contributed by atoms with van der Waals surface area (Å²) in [6, 6.07) is 5.50. The number of para-hydroxylation sites is 1. The predicted molar refractivity (Wildman–Crippen MR) is 69.3 cm³/mol. The van der Waals surface area contributed by atoms with E-state index in [1.165, 1.54) is 7.11 Å². The zero-order chi connectivity index (χ0) is 13.1.